The molecule has 0 spiro atoms. The molecule has 0 aliphatic carbocycles. The highest BCUT2D eigenvalue weighted by Gasteiger charge is 2.41. The summed E-state index contributed by atoms with van der Waals surface area (Å²) in [5.41, 5.74) is 0.817. The molecule has 0 saturated heterocycles. The molecule has 3 rings (SSSR count). The van der Waals surface area contributed by atoms with Gasteiger partial charge in [-0.3, -0.25) is 4.90 Å². The first-order valence-corrected chi connectivity index (χ1v) is 8.38. The average Bonchev–Trinajstić information content (AvgIpc) is 2.58. The number of aromatic carboxylic acids is 1. The van der Waals surface area contributed by atoms with Crippen molar-refractivity contribution in [3.8, 4) is 0 Å². The van der Waals surface area contributed by atoms with Gasteiger partial charge < -0.3 is 10.0 Å². The molecule has 1 aliphatic rings. The fraction of sp³-hybridized carbons (Fsp3) is 0.263. The molecule has 0 fully saturated rings. The number of fused-ring (bicyclic) bond motifs is 1. The molecule has 0 saturated carbocycles. The second-order valence-corrected chi connectivity index (χ2v) is 7.13. The number of benzene rings is 2. The number of carboxylic acid groups (broad SMARTS) is 1. The number of halogens is 2. The van der Waals surface area contributed by atoms with Crippen LogP contribution in [-0.2, 0) is 12.1 Å². The van der Waals surface area contributed by atoms with Gasteiger partial charge in [0.1, 0.15) is 5.82 Å². The number of hydrogen-bond donors (Lipinski definition) is 1. The second-order valence-electron chi connectivity index (χ2n) is 6.72. The Morgan fingerprint density at radius 1 is 1.27 bits per heavy atom. The number of urea groups is 1. The van der Waals surface area contributed by atoms with Gasteiger partial charge in [-0.1, -0.05) is 23.7 Å². The maximum atomic E-state index is 14.2. The van der Waals surface area contributed by atoms with Gasteiger partial charge >= 0.3 is 12.0 Å². The molecule has 1 aliphatic heterocycles. The standard InChI is InChI=1S/C19H18ClFN2O3/c1-19(2)13-8-7-11(17(24)25)9-16(13)23(18(26)22(19)3)10-12-14(20)5-4-6-15(12)21/h4-9H,10H2,1-3H3,(H,24,25). The summed E-state index contributed by atoms with van der Waals surface area (Å²) in [6.45, 7) is 3.65. The molecule has 0 radical (unpaired) electrons. The third kappa shape index (κ3) is 2.80. The van der Waals surface area contributed by atoms with Crippen LogP contribution in [0.15, 0.2) is 36.4 Å². The van der Waals surface area contributed by atoms with Crippen LogP contribution in [0.3, 0.4) is 0 Å². The Labute approximate surface area is 155 Å². The summed E-state index contributed by atoms with van der Waals surface area (Å²) in [5.74, 6) is -1.62. The van der Waals surface area contributed by atoms with E-state index in [1.54, 1.807) is 24.1 Å². The number of anilines is 1. The van der Waals surface area contributed by atoms with Gasteiger partial charge in [-0.05, 0) is 38.1 Å². The van der Waals surface area contributed by atoms with E-state index in [0.29, 0.717) is 5.69 Å². The highest BCUT2D eigenvalue weighted by Crippen LogP contribution is 2.41. The van der Waals surface area contributed by atoms with E-state index in [0.717, 1.165) is 5.56 Å². The lowest BCUT2D eigenvalue weighted by Crippen LogP contribution is -2.54. The van der Waals surface area contributed by atoms with Crippen LogP contribution in [-0.4, -0.2) is 29.1 Å². The van der Waals surface area contributed by atoms with Crippen LogP contribution in [0.2, 0.25) is 5.02 Å². The summed E-state index contributed by atoms with van der Waals surface area (Å²) in [5, 5.41) is 9.51. The third-order valence-electron chi connectivity index (χ3n) is 4.93. The summed E-state index contributed by atoms with van der Waals surface area (Å²) in [6.07, 6.45) is 0. The summed E-state index contributed by atoms with van der Waals surface area (Å²) >= 11 is 6.11. The Balaban J connectivity index is 2.17. The normalized spacial score (nSPS) is 15.8. The van der Waals surface area contributed by atoms with Crippen LogP contribution in [0.5, 0.6) is 0 Å². The molecule has 2 aromatic carbocycles. The van der Waals surface area contributed by atoms with Crippen molar-refractivity contribution >= 4 is 29.3 Å². The van der Waals surface area contributed by atoms with Crippen molar-refractivity contribution in [1.29, 1.82) is 0 Å². The van der Waals surface area contributed by atoms with E-state index in [-0.39, 0.29) is 28.7 Å². The molecule has 136 valence electrons. The van der Waals surface area contributed by atoms with Crippen molar-refractivity contribution in [2.45, 2.75) is 25.9 Å². The molecule has 2 amide bonds. The molecule has 1 N–H and O–H groups in total. The SMILES string of the molecule is CN1C(=O)N(Cc2c(F)cccc2Cl)c2cc(C(=O)O)ccc2C1(C)C. The zero-order valence-corrected chi connectivity index (χ0v) is 15.3. The topological polar surface area (TPSA) is 60.9 Å². The van der Waals surface area contributed by atoms with Crippen molar-refractivity contribution in [1.82, 2.24) is 4.90 Å². The highest BCUT2D eigenvalue weighted by atomic mass is 35.5. The molecule has 0 aromatic heterocycles. The minimum atomic E-state index is -1.10. The Hall–Kier alpha value is -2.60. The van der Waals surface area contributed by atoms with Crippen LogP contribution >= 0.6 is 11.6 Å². The number of carbonyl (C=O) groups excluding carboxylic acids is 1. The fourth-order valence-electron chi connectivity index (χ4n) is 3.10. The summed E-state index contributed by atoms with van der Waals surface area (Å²) in [4.78, 5) is 27.2. The molecule has 0 atom stereocenters. The van der Waals surface area contributed by atoms with Crippen LogP contribution in [0.1, 0.15) is 35.3 Å². The lowest BCUT2D eigenvalue weighted by atomic mass is 9.87. The maximum absolute atomic E-state index is 14.2. The smallest absolute Gasteiger partial charge is 0.335 e. The monoisotopic (exact) mass is 376 g/mol. The van der Waals surface area contributed by atoms with Gasteiger partial charge in [0.25, 0.3) is 0 Å². The van der Waals surface area contributed by atoms with Gasteiger partial charge in [-0.15, -0.1) is 0 Å². The lowest BCUT2D eigenvalue weighted by Gasteiger charge is -2.46. The number of hydrogen-bond acceptors (Lipinski definition) is 2. The first kappa shape index (κ1) is 18.2. The summed E-state index contributed by atoms with van der Waals surface area (Å²) in [7, 11) is 1.66. The predicted octanol–water partition coefficient (Wildman–Crippen LogP) is 4.48. The van der Waals surface area contributed by atoms with E-state index < -0.39 is 17.3 Å². The molecule has 26 heavy (non-hydrogen) atoms. The van der Waals surface area contributed by atoms with Crippen molar-refractivity contribution < 1.29 is 19.1 Å². The van der Waals surface area contributed by atoms with Crippen LogP contribution in [0, 0.1) is 5.82 Å². The van der Waals surface area contributed by atoms with E-state index in [1.165, 1.54) is 29.2 Å². The van der Waals surface area contributed by atoms with Gasteiger partial charge in [0, 0.05) is 23.2 Å². The van der Waals surface area contributed by atoms with E-state index in [4.69, 9.17) is 11.6 Å². The molecule has 0 bridgehead atoms. The molecule has 5 nitrogen and oxygen atoms in total. The quantitative estimate of drug-likeness (QED) is 0.858. The van der Waals surface area contributed by atoms with E-state index in [1.807, 2.05) is 13.8 Å². The van der Waals surface area contributed by atoms with Crippen molar-refractivity contribution in [2.24, 2.45) is 0 Å². The number of carbonyl (C=O) groups is 2. The maximum Gasteiger partial charge on any atom is 0.335 e. The zero-order valence-electron chi connectivity index (χ0n) is 14.6. The van der Waals surface area contributed by atoms with E-state index in [2.05, 4.69) is 0 Å². The number of nitrogens with zero attached hydrogens (tertiary/aromatic N) is 2. The van der Waals surface area contributed by atoms with Crippen LogP contribution in [0.25, 0.3) is 0 Å². The van der Waals surface area contributed by atoms with E-state index in [9.17, 15) is 19.1 Å². The first-order chi connectivity index (χ1) is 12.1. The van der Waals surface area contributed by atoms with Gasteiger partial charge in [-0.2, -0.15) is 0 Å². The van der Waals surface area contributed by atoms with Gasteiger partial charge in [0.05, 0.1) is 23.3 Å². The summed E-state index contributed by atoms with van der Waals surface area (Å²) < 4.78 is 14.2. The van der Waals surface area contributed by atoms with Crippen LogP contribution < -0.4 is 4.90 Å². The minimum Gasteiger partial charge on any atom is -0.478 e. The van der Waals surface area contributed by atoms with Crippen molar-refractivity contribution in [3.05, 3.63) is 63.9 Å². The number of rotatable bonds is 3. The number of carboxylic acids is 1. The predicted molar refractivity (Wildman–Crippen MR) is 97.2 cm³/mol. The Morgan fingerprint density at radius 2 is 1.96 bits per heavy atom. The van der Waals surface area contributed by atoms with Crippen molar-refractivity contribution in [2.75, 3.05) is 11.9 Å². The number of amides is 2. The first-order valence-electron chi connectivity index (χ1n) is 8.00. The fourth-order valence-corrected chi connectivity index (χ4v) is 3.33. The second kappa shape index (κ2) is 6.29. The van der Waals surface area contributed by atoms with Crippen molar-refractivity contribution in [3.63, 3.8) is 0 Å². The largest absolute Gasteiger partial charge is 0.478 e. The Bertz CT molecular complexity index is 893. The average molecular weight is 377 g/mol. The molecule has 7 heteroatoms. The van der Waals surface area contributed by atoms with E-state index >= 15 is 0 Å². The van der Waals surface area contributed by atoms with Gasteiger partial charge in [-0.25, -0.2) is 14.0 Å². The molecule has 1 heterocycles. The molecular weight excluding hydrogens is 359 g/mol. The highest BCUT2D eigenvalue weighted by molar-refractivity contribution is 6.31. The third-order valence-corrected chi connectivity index (χ3v) is 5.28. The Morgan fingerprint density at radius 3 is 2.58 bits per heavy atom. The lowest BCUT2D eigenvalue weighted by molar-refractivity contribution is 0.0696. The minimum absolute atomic E-state index is 0.0570. The summed E-state index contributed by atoms with van der Waals surface area (Å²) in [6, 6.07) is 8.60. The zero-order chi connectivity index (χ0) is 19.2. The van der Waals surface area contributed by atoms with Gasteiger partial charge in [0.2, 0.25) is 0 Å². The Kier molecular flexibility index (Phi) is 4.40. The molecule has 0 unspecified atom stereocenters. The molecule has 2 aromatic rings. The van der Waals surface area contributed by atoms with Crippen LogP contribution in [0.4, 0.5) is 14.9 Å². The van der Waals surface area contributed by atoms with Gasteiger partial charge in [0.15, 0.2) is 0 Å². The molecular formula is C19H18ClFN2O3.